The molecule has 0 aromatic carbocycles. The molecule has 2 rings (SSSR count). The fraction of sp³-hybridized carbons (Fsp3) is 0.750. The number of carbonyl (C=O) groups excluding carboxylic acids is 1. The van der Waals surface area contributed by atoms with Crippen molar-refractivity contribution in [3.8, 4) is 0 Å². The van der Waals surface area contributed by atoms with Crippen molar-refractivity contribution >= 4 is 22.4 Å². The monoisotopic (exact) mass is 310 g/mol. The molecule has 21 heavy (non-hydrogen) atoms. The summed E-state index contributed by atoms with van der Waals surface area (Å²) >= 11 is 1.68. The normalized spacial score (nSPS) is 22.0. The Morgan fingerprint density at radius 3 is 2.81 bits per heavy atom. The van der Waals surface area contributed by atoms with Crippen LogP contribution in [0.1, 0.15) is 51.6 Å². The van der Waals surface area contributed by atoms with Gasteiger partial charge in [-0.25, -0.2) is 4.98 Å². The number of aryl methyl sites for hydroxylation is 1. The predicted molar refractivity (Wildman–Crippen MR) is 86.9 cm³/mol. The van der Waals surface area contributed by atoms with Crippen LogP contribution in [0.3, 0.4) is 0 Å². The highest BCUT2D eigenvalue weighted by Crippen LogP contribution is 2.30. The van der Waals surface area contributed by atoms with Gasteiger partial charge in [0.05, 0.1) is 18.7 Å². The van der Waals surface area contributed by atoms with Crippen molar-refractivity contribution in [2.45, 2.75) is 58.4 Å². The number of thiazole rings is 1. The highest BCUT2D eigenvalue weighted by Gasteiger charge is 2.23. The maximum atomic E-state index is 11.4. The first kappa shape index (κ1) is 16.3. The van der Waals surface area contributed by atoms with Crippen molar-refractivity contribution in [2.24, 2.45) is 5.92 Å². The average Bonchev–Trinajstić information content (AvgIpc) is 2.94. The van der Waals surface area contributed by atoms with Gasteiger partial charge < -0.3 is 9.64 Å². The SMILES string of the molecule is CCOC(=O)CCc1csc(N(C)C2CCC(C)CC2)n1. The van der Waals surface area contributed by atoms with Gasteiger partial charge in [-0.1, -0.05) is 6.92 Å². The van der Waals surface area contributed by atoms with Crippen LogP contribution in [0.2, 0.25) is 0 Å². The number of rotatable bonds is 6. The molecule has 0 atom stereocenters. The molecule has 1 saturated carbocycles. The van der Waals surface area contributed by atoms with Crippen LogP contribution in [0, 0.1) is 5.92 Å². The molecular weight excluding hydrogens is 284 g/mol. The number of carbonyl (C=O) groups is 1. The Hall–Kier alpha value is -1.10. The molecule has 5 heteroatoms. The largest absolute Gasteiger partial charge is 0.466 e. The molecule has 1 aromatic heterocycles. The first-order valence-electron chi connectivity index (χ1n) is 7.93. The van der Waals surface area contributed by atoms with Crippen LogP contribution < -0.4 is 4.90 Å². The van der Waals surface area contributed by atoms with E-state index in [4.69, 9.17) is 4.74 Å². The van der Waals surface area contributed by atoms with E-state index in [9.17, 15) is 4.79 Å². The van der Waals surface area contributed by atoms with Gasteiger partial charge in [-0.2, -0.15) is 0 Å². The summed E-state index contributed by atoms with van der Waals surface area (Å²) < 4.78 is 4.95. The van der Waals surface area contributed by atoms with Crippen LogP contribution in [0.15, 0.2) is 5.38 Å². The van der Waals surface area contributed by atoms with Gasteiger partial charge in [0.1, 0.15) is 0 Å². The molecule has 118 valence electrons. The van der Waals surface area contributed by atoms with E-state index < -0.39 is 0 Å². The lowest BCUT2D eigenvalue weighted by molar-refractivity contribution is -0.143. The Bertz CT molecular complexity index is 453. The zero-order valence-electron chi connectivity index (χ0n) is 13.3. The molecule has 1 aliphatic rings. The molecule has 0 amide bonds. The van der Waals surface area contributed by atoms with Gasteiger partial charge in [-0.3, -0.25) is 4.79 Å². The second-order valence-electron chi connectivity index (χ2n) is 5.95. The van der Waals surface area contributed by atoms with Crippen molar-refractivity contribution in [2.75, 3.05) is 18.6 Å². The number of hydrogen-bond donors (Lipinski definition) is 0. The van der Waals surface area contributed by atoms with E-state index in [1.54, 1.807) is 11.3 Å². The van der Waals surface area contributed by atoms with Gasteiger partial charge in [-0.15, -0.1) is 11.3 Å². The highest BCUT2D eigenvalue weighted by atomic mass is 32.1. The zero-order valence-corrected chi connectivity index (χ0v) is 14.1. The van der Waals surface area contributed by atoms with E-state index in [0.717, 1.165) is 16.7 Å². The average molecular weight is 310 g/mol. The van der Waals surface area contributed by atoms with Crippen molar-refractivity contribution in [3.05, 3.63) is 11.1 Å². The van der Waals surface area contributed by atoms with Crippen LogP contribution >= 0.6 is 11.3 Å². The van der Waals surface area contributed by atoms with Gasteiger partial charge in [-0.05, 0) is 38.5 Å². The second kappa shape index (κ2) is 7.78. The highest BCUT2D eigenvalue weighted by molar-refractivity contribution is 7.13. The zero-order chi connectivity index (χ0) is 15.2. The molecule has 0 bridgehead atoms. The lowest BCUT2D eigenvalue weighted by Crippen LogP contribution is -2.34. The number of esters is 1. The van der Waals surface area contributed by atoms with E-state index in [0.29, 0.717) is 25.5 Å². The van der Waals surface area contributed by atoms with E-state index >= 15 is 0 Å². The Morgan fingerprint density at radius 2 is 2.14 bits per heavy atom. The topological polar surface area (TPSA) is 42.4 Å². The summed E-state index contributed by atoms with van der Waals surface area (Å²) in [6, 6.07) is 0.616. The first-order valence-corrected chi connectivity index (χ1v) is 8.81. The summed E-state index contributed by atoms with van der Waals surface area (Å²) in [6.07, 6.45) is 6.24. The minimum Gasteiger partial charge on any atom is -0.466 e. The third kappa shape index (κ3) is 4.70. The summed E-state index contributed by atoms with van der Waals surface area (Å²) in [7, 11) is 2.15. The summed E-state index contributed by atoms with van der Waals surface area (Å²) in [5, 5.41) is 3.14. The third-order valence-corrected chi connectivity index (χ3v) is 5.25. The molecule has 0 spiro atoms. The standard InChI is InChI=1S/C16H26N2O2S/c1-4-20-15(19)10-7-13-11-21-16(17-13)18(3)14-8-5-12(2)6-9-14/h11-12,14H,4-10H2,1-3H3. The van der Waals surface area contributed by atoms with Gasteiger partial charge >= 0.3 is 5.97 Å². The van der Waals surface area contributed by atoms with E-state index in [1.165, 1.54) is 25.7 Å². The number of hydrogen-bond acceptors (Lipinski definition) is 5. The van der Waals surface area contributed by atoms with Crippen LogP contribution in [-0.2, 0) is 16.0 Å². The summed E-state index contributed by atoms with van der Waals surface area (Å²) in [6.45, 7) is 4.62. The van der Waals surface area contributed by atoms with Crippen molar-refractivity contribution in [1.29, 1.82) is 0 Å². The summed E-state index contributed by atoms with van der Waals surface area (Å²) in [5.74, 6) is 0.729. The van der Waals surface area contributed by atoms with E-state index in [1.807, 2.05) is 6.92 Å². The minimum atomic E-state index is -0.137. The number of aromatic nitrogens is 1. The van der Waals surface area contributed by atoms with Crippen LogP contribution in [0.25, 0.3) is 0 Å². The predicted octanol–water partition coefficient (Wildman–Crippen LogP) is 3.65. The minimum absolute atomic E-state index is 0.137. The smallest absolute Gasteiger partial charge is 0.306 e. The van der Waals surface area contributed by atoms with Crippen LogP contribution in [0.4, 0.5) is 5.13 Å². The fourth-order valence-corrected chi connectivity index (χ4v) is 3.72. The van der Waals surface area contributed by atoms with E-state index in [-0.39, 0.29) is 5.97 Å². The fourth-order valence-electron chi connectivity index (χ4n) is 2.82. The molecular formula is C16H26N2O2S. The van der Waals surface area contributed by atoms with Gasteiger partial charge in [0, 0.05) is 24.9 Å². The molecule has 1 aliphatic carbocycles. The molecule has 1 heterocycles. The molecule has 0 unspecified atom stereocenters. The molecule has 0 radical (unpaired) electrons. The number of nitrogens with zero attached hydrogens (tertiary/aromatic N) is 2. The lowest BCUT2D eigenvalue weighted by Gasteiger charge is -2.33. The quantitative estimate of drug-likeness (QED) is 0.752. The van der Waals surface area contributed by atoms with Gasteiger partial charge in [0.2, 0.25) is 0 Å². The van der Waals surface area contributed by atoms with E-state index in [2.05, 4.69) is 29.2 Å². The molecule has 0 N–H and O–H groups in total. The molecule has 1 aromatic rings. The maximum absolute atomic E-state index is 11.4. The molecule has 4 nitrogen and oxygen atoms in total. The first-order chi connectivity index (χ1) is 10.1. The van der Waals surface area contributed by atoms with Crippen LogP contribution in [0.5, 0.6) is 0 Å². The Balaban J connectivity index is 1.85. The number of anilines is 1. The maximum Gasteiger partial charge on any atom is 0.306 e. The molecule has 1 fully saturated rings. The summed E-state index contributed by atoms with van der Waals surface area (Å²) in [4.78, 5) is 18.4. The van der Waals surface area contributed by atoms with Crippen molar-refractivity contribution in [3.63, 3.8) is 0 Å². The second-order valence-corrected chi connectivity index (χ2v) is 6.79. The number of ether oxygens (including phenoxy) is 1. The Kier molecular flexibility index (Phi) is 6.03. The Labute approximate surface area is 131 Å². The lowest BCUT2D eigenvalue weighted by atomic mass is 9.87. The van der Waals surface area contributed by atoms with Gasteiger partial charge in [0.15, 0.2) is 5.13 Å². The van der Waals surface area contributed by atoms with Gasteiger partial charge in [0.25, 0.3) is 0 Å². The van der Waals surface area contributed by atoms with Crippen LogP contribution in [-0.4, -0.2) is 30.6 Å². The van der Waals surface area contributed by atoms with Crippen molar-refractivity contribution < 1.29 is 9.53 Å². The summed E-state index contributed by atoms with van der Waals surface area (Å²) in [5.41, 5.74) is 0.999. The third-order valence-electron chi connectivity index (χ3n) is 4.27. The molecule has 0 aliphatic heterocycles. The Morgan fingerprint density at radius 1 is 1.43 bits per heavy atom. The van der Waals surface area contributed by atoms with Crippen molar-refractivity contribution in [1.82, 2.24) is 4.98 Å². The molecule has 0 saturated heterocycles.